The molecule has 0 amide bonds. The third kappa shape index (κ3) is 5.35. The molecule has 2 aromatic heterocycles. The van der Waals surface area contributed by atoms with Crippen molar-refractivity contribution in [2.45, 2.75) is 44.3 Å². The predicted molar refractivity (Wildman–Crippen MR) is 117 cm³/mol. The highest BCUT2D eigenvalue weighted by Crippen LogP contribution is 2.37. The van der Waals surface area contributed by atoms with Gasteiger partial charge in [-0.2, -0.15) is 18.3 Å². The number of benzene rings is 1. The first kappa shape index (κ1) is 22.8. The van der Waals surface area contributed by atoms with Gasteiger partial charge in [0.2, 0.25) is 0 Å². The lowest BCUT2D eigenvalue weighted by atomic mass is 9.81. The number of hydrogen-bond donors (Lipinski definition) is 1. The Kier molecular flexibility index (Phi) is 6.67. The van der Waals surface area contributed by atoms with E-state index in [0.717, 1.165) is 41.2 Å². The molecular weight excluding hydrogens is 433 g/mol. The minimum Gasteiger partial charge on any atom is -0.465 e. The van der Waals surface area contributed by atoms with Crippen molar-refractivity contribution in [2.24, 2.45) is 5.92 Å². The molecule has 33 heavy (non-hydrogen) atoms. The molecule has 1 atom stereocenters. The number of methoxy groups -OCH3 is 1. The maximum Gasteiger partial charge on any atom is 0.419 e. The highest BCUT2D eigenvalue weighted by Gasteiger charge is 2.32. The van der Waals surface area contributed by atoms with Gasteiger partial charge < -0.3 is 10.1 Å². The van der Waals surface area contributed by atoms with Crippen molar-refractivity contribution >= 4 is 11.7 Å². The number of nitrogens with one attached hydrogen (secondary N) is 1. The molecule has 3 aromatic rings. The molecule has 1 aliphatic carbocycles. The Morgan fingerprint density at radius 2 is 1.82 bits per heavy atom. The number of anilines is 1. The average molecular weight is 458 g/mol. The van der Waals surface area contributed by atoms with Crippen molar-refractivity contribution in [2.75, 3.05) is 12.4 Å². The SMILES string of the molecule is COC(=O)c1ccc(C(Nc2ccc(-n3cc(C(F)(F)F)cn3)nc2)C2CCCCC2)cc1. The van der Waals surface area contributed by atoms with Crippen LogP contribution >= 0.6 is 0 Å². The molecule has 1 saturated carbocycles. The van der Waals surface area contributed by atoms with Crippen LogP contribution in [0.1, 0.15) is 59.6 Å². The molecular formula is C24H25F3N4O2. The first-order chi connectivity index (χ1) is 15.8. The zero-order chi connectivity index (χ0) is 23.4. The molecule has 2 heterocycles. The predicted octanol–water partition coefficient (Wildman–Crippen LogP) is 5.81. The average Bonchev–Trinajstić information content (AvgIpc) is 3.34. The van der Waals surface area contributed by atoms with E-state index in [0.29, 0.717) is 17.3 Å². The zero-order valence-electron chi connectivity index (χ0n) is 18.2. The van der Waals surface area contributed by atoms with Gasteiger partial charge >= 0.3 is 12.1 Å². The van der Waals surface area contributed by atoms with Crippen molar-refractivity contribution in [1.82, 2.24) is 14.8 Å². The lowest BCUT2D eigenvalue weighted by molar-refractivity contribution is -0.137. The van der Waals surface area contributed by atoms with E-state index in [1.807, 2.05) is 12.1 Å². The number of alkyl halides is 3. The van der Waals surface area contributed by atoms with Crippen LogP contribution in [-0.2, 0) is 10.9 Å². The standard InChI is InChI=1S/C24H25F3N4O2/c1-33-23(32)18-9-7-17(8-10-18)22(16-5-3-2-4-6-16)30-20-11-12-21(28-14-20)31-15-19(13-29-31)24(25,26)27/h7-16,22,30H,2-6H2,1H3. The Balaban J connectivity index is 1.54. The summed E-state index contributed by atoms with van der Waals surface area (Å²) in [5, 5.41) is 7.32. The van der Waals surface area contributed by atoms with Crippen molar-refractivity contribution in [3.63, 3.8) is 0 Å². The largest absolute Gasteiger partial charge is 0.465 e. The number of aromatic nitrogens is 3. The molecule has 1 unspecified atom stereocenters. The van der Waals surface area contributed by atoms with E-state index in [1.165, 1.54) is 26.4 Å². The molecule has 0 radical (unpaired) electrons. The first-order valence-corrected chi connectivity index (χ1v) is 10.9. The van der Waals surface area contributed by atoms with E-state index >= 15 is 0 Å². The maximum absolute atomic E-state index is 12.8. The molecule has 0 aliphatic heterocycles. The fourth-order valence-corrected chi connectivity index (χ4v) is 4.27. The van der Waals surface area contributed by atoms with Gasteiger partial charge in [-0.15, -0.1) is 0 Å². The van der Waals surface area contributed by atoms with E-state index in [4.69, 9.17) is 4.74 Å². The summed E-state index contributed by atoms with van der Waals surface area (Å²) < 4.78 is 44.4. The van der Waals surface area contributed by atoms with Crippen molar-refractivity contribution in [3.8, 4) is 5.82 Å². The normalized spacial score (nSPS) is 15.8. The summed E-state index contributed by atoms with van der Waals surface area (Å²) in [7, 11) is 1.35. The number of esters is 1. The summed E-state index contributed by atoms with van der Waals surface area (Å²) in [4.78, 5) is 16.1. The lowest BCUT2D eigenvalue weighted by Gasteiger charge is -2.32. The van der Waals surface area contributed by atoms with E-state index in [9.17, 15) is 18.0 Å². The molecule has 1 N–H and O–H groups in total. The molecule has 9 heteroatoms. The zero-order valence-corrected chi connectivity index (χ0v) is 18.2. The molecule has 1 aliphatic rings. The summed E-state index contributed by atoms with van der Waals surface area (Å²) in [5.41, 5.74) is 1.49. The molecule has 0 spiro atoms. The highest BCUT2D eigenvalue weighted by atomic mass is 19.4. The van der Waals surface area contributed by atoms with Crippen molar-refractivity contribution in [1.29, 1.82) is 0 Å². The quantitative estimate of drug-likeness (QED) is 0.473. The number of hydrogen-bond acceptors (Lipinski definition) is 5. The first-order valence-electron chi connectivity index (χ1n) is 10.9. The second-order valence-corrected chi connectivity index (χ2v) is 8.21. The topological polar surface area (TPSA) is 69.0 Å². The van der Waals surface area contributed by atoms with Crippen LogP contribution in [0.2, 0.25) is 0 Å². The third-order valence-corrected chi connectivity index (χ3v) is 6.03. The molecule has 174 valence electrons. The Morgan fingerprint density at radius 3 is 2.39 bits per heavy atom. The smallest absolute Gasteiger partial charge is 0.419 e. The number of halogens is 3. The Labute approximate surface area is 189 Å². The van der Waals surface area contributed by atoms with Crippen LogP contribution in [0.4, 0.5) is 18.9 Å². The van der Waals surface area contributed by atoms with Gasteiger partial charge in [-0.05, 0) is 48.6 Å². The fraction of sp³-hybridized carbons (Fsp3) is 0.375. The van der Waals surface area contributed by atoms with Gasteiger partial charge in [-0.3, -0.25) is 0 Å². The van der Waals surface area contributed by atoms with Gasteiger partial charge in [0.1, 0.15) is 0 Å². The van der Waals surface area contributed by atoms with Crippen LogP contribution in [-0.4, -0.2) is 27.8 Å². The lowest BCUT2D eigenvalue weighted by Crippen LogP contribution is -2.23. The number of carbonyl (C=O) groups is 1. The summed E-state index contributed by atoms with van der Waals surface area (Å²) in [6, 6.07) is 10.8. The maximum atomic E-state index is 12.8. The van der Waals surface area contributed by atoms with E-state index in [2.05, 4.69) is 15.4 Å². The number of carbonyl (C=O) groups excluding carboxylic acids is 1. The molecule has 0 bridgehead atoms. The van der Waals surface area contributed by atoms with Crippen molar-refractivity contribution < 1.29 is 22.7 Å². The third-order valence-electron chi connectivity index (χ3n) is 6.03. The monoisotopic (exact) mass is 458 g/mol. The minimum absolute atomic E-state index is 0.0196. The summed E-state index contributed by atoms with van der Waals surface area (Å²) in [6.45, 7) is 0. The van der Waals surface area contributed by atoms with Crippen LogP contribution in [0.15, 0.2) is 55.0 Å². The fourth-order valence-electron chi connectivity index (χ4n) is 4.27. The van der Waals surface area contributed by atoms with Crippen LogP contribution in [0.25, 0.3) is 5.82 Å². The van der Waals surface area contributed by atoms with Gasteiger partial charge in [0.15, 0.2) is 5.82 Å². The Morgan fingerprint density at radius 1 is 1.09 bits per heavy atom. The number of rotatable bonds is 6. The molecule has 1 aromatic carbocycles. The summed E-state index contributed by atoms with van der Waals surface area (Å²) >= 11 is 0. The van der Waals surface area contributed by atoms with Crippen LogP contribution < -0.4 is 5.32 Å². The minimum atomic E-state index is -4.45. The summed E-state index contributed by atoms with van der Waals surface area (Å²) in [6.07, 6.45) is 4.60. The van der Waals surface area contributed by atoms with Crippen LogP contribution in [0, 0.1) is 5.92 Å². The molecule has 1 fully saturated rings. The van der Waals surface area contributed by atoms with Gasteiger partial charge in [-0.1, -0.05) is 31.4 Å². The number of ether oxygens (including phenoxy) is 1. The number of pyridine rings is 1. The van der Waals surface area contributed by atoms with E-state index in [-0.39, 0.29) is 12.0 Å². The Bertz CT molecular complexity index is 1070. The number of nitrogens with zero attached hydrogens (tertiary/aromatic N) is 3. The molecule has 6 nitrogen and oxygen atoms in total. The molecule has 0 saturated heterocycles. The van der Waals surface area contributed by atoms with Gasteiger partial charge in [-0.25, -0.2) is 14.5 Å². The second-order valence-electron chi connectivity index (χ2n) is 8.21. The molecule has 4 rings (SSSR count). The van der Waals surface area contributed by atoms with E-state index < -0.39 is 11.7 Å². The van der Waals surface area contributed by atoms with Gasteiger partial charge in [0, 0.05) is 6.20 Å². The summed E-state index contributed by atoms with van der Waals surface area (Å²) in [5.74, 6) is 0.339. The van der Waals surface area contributed by atoms with Crippen LogP contribution in [0.3, 0.4) is 0 Å². The van der Waals surface area contributed by atoms with Crippen molar-refractivity contribution in [3.05, 3.63) is 71.7 Å². The van der Waals surface area contributed by atoms with Crippen LogP contribution in [0.5, 0.6) is 0 Å². The van der Waals surface area contributed by atoms with Gasteiger partial charge in [0.05, 0.1) is 42.4 Å². The second kappa shape index (κ2) is 9.64. The van der Waals surface area contributed by atoms with Gasteiger partial charge in [0.25, 0.3) is 0 Å². The highest BCUT2D eigenvalue weighted by molar-refractivity contribution is 5.89. The Hall–Kier alpha value is -3.36. The van der Waals surface area contributed by atoms with E-state index in [1.54, 1.807) is 30.5 Å².